The summed E-state index contributed by atoms with van der Waals surface area (Å²) in [4.78, 5) is 12.6. The van der Waals surface area contributed by atoms with Gasteiger partial charge in [0.1, 0.15) is 5.75 Å². The Bertz CT molecular complexity index is 863. The van der Waals surface area contributed by atoms with Crippen LogP contribution in [0.4, 0.5) is 0 Å². The molecule has 0 aliphatic heterocycles. The Morgan fingerprint density at radius 3 is 2.42 bits per heavy atom. The van der Waals surface area contributed by atoms with E-state index in [1.54, 1.807) is 12.1 Å². The number of benzene rings is 1. The molecular weight excluding hydrogens is 326 g/mol. The molecule has 0 bridgehead atoms. The first-order valence-electron chi connectivity index (χ1n) is 7.76. The Hall–Kier alpha value is -2.08. The fourth-order valence-electron chi connectivity index (χ4n) is 2.88. The van der Waals surface area contributed by atoms with Crippen LogP contribution in [0.1, 0.15) is 41.6 Å². The molecule has 0 spiro atoms. The highest BCUT2D eigenvalue weighted by Crippen LogP contribution is 2.22. The van der Waals surface area contributed by atoms with Gasteiger partial charge >= 0.3 is 0 Å². The third-order valence-corrected chi connectivity index (χ3v) is 5.01. The number of Topliss-reactive ketones (excluding diaryl/α,β-unsaturated/α-hetero) is 1. The molecule has 0 aliphatic rings. The molecule has 0 saturated carbocycles. The summed E-state index contributed by atoms with van der Waals surface area (Å²) in [5.41, 5.74) is 2.59. The Kier molecular flexibility index (Phi) is 5.18. The van der Waals surface area contributed by atoms with E-state index in [0.29, 0.717) is 11.3 Å². The van der Waals surface area contributed by atoms with Crippen molar-refractivity contribution in [2.75, 3.05) is 12.9 Å². The maximum atomic E-state index is 12.5. The molecule has 1 aromatic carbocycles. The van der Waals surface area contributed by atoms with Crippen molar-refractivity contribution < 1.29 is 17.9 Å². The van der Waals surface area contributed by atoms with Crippen molar-refractivity contribution in [3.8, 4) is 5.75 Å². The van der Waals surface area contributed by atoms with Crippen molar-refractivity contribution in [1.29, 1.82) is 0 Å². The van der Waals surface area contributed by atoms with E-state index in [9.17, 15) is 13.2 Å². The maximum absolute atomic E-state index is 12.5. The van der Waals surface area contributed by atoms with Crippen LogP contribution in [0.5, 0.6) is 5.75 Å². The second-order valence-electron chi connectivity index (χ2n) is 6.21. The normalized spacial score (nSPS) is 11.8. The Labute approximate surface area is 143 Å². The zero-order chi connectivity index (χ0) is 18.1. The first-order chi connectivity index (χ1) is 11.1. The van der Waals surface area contributed by atoms with E-state index in [0.717, 1.165) is 17.6 Å². The van der Waals surface area contributed by atoms with Crippen LogP contribution in [0.3, 0.4) is 0 Å². The number of nitrogens with zero attached hydrogens (tertiary/aromatic N) is 1. The lowest BCUT2D eigenvalue weighted by atomic mass is 10.1. The predicted molar refractivity (Wildman–Crippen MR) is 93.7 cm³/mol. The number of ether oxygens (including phenoxy) is 1. The van der Waals surface area contributed by atoms with Crippen molar-refractivity contribution in [1.82, 2.24) is 4.57 Å². The lowest BCUT2D eigenvalue weighted by Gasteiger charge is -2.13. The topological polar surface area (TPSA) is 65.4 Å². The molecule has 1 heterocycles. The molecule has 5 nitrogen and oxygen atoms in total. The summed E-state index contributed by atoms with van der Waals surface area (Å²) in [6, 6.07) is 8.31. The summed E-state index contributed by atoms with van der Waals surface area (Å²) in [6.45, 7) is 7.91. The summed E-state index contributed by atoms with van der Waals surface area (Å²) in [5.74, 6) is 0.240. The molecule has 0 saturated heterocycles. The number of carbonyl (C=O) groups excluding carboxylic acids is 1. The number of hydrogen-bond donors (Lipinski definition) is 0. The summed E-state index contributed by atoms with van der Waals surface area (Å²) in [7, 11) is -3.30. The average Bonchev–Trinajstić information content (AvgIpc) is 2.79. The van der Waals surface area contributed by atoms with Gasteiger partial charge in [0.25, 0.3) is 0 Å². The zero-order valence-electron chi connectivity index (χ0n) is 14.7. The van der Waals surface area contributed by atoms with Crippen LogP contribution in [0.15, 0.2) is 35.2 Å². The van der Waals surface area contributed by atoms with E-state index in [2.05, 4.69) is 18.4 Å². The molecule has 0 unspecified atom stereocenters. The van der Waals surface area contributed by atoms with Crippen LogP contribution < -0.4 is 4.74 Å². The minimum absolute atomic E-state index is 0.125. The van der Waals surface area contributed by atoms with E-state index in [4.69, 9.17) is 4.74 Å². The van der Waals surface area contributed by atoms with Gasteiger partial charge in [-0.3, -0.25) is 4.79 Å². The molecule has 1 aromatic heterocycles. The fourth-order valence-corrected chi connectivity index (χ4v) is 3.53. The van der Waals surface area contributed by atoms with Gasteiger partial charge in [0.05, 0.1) is 4.90 Å². The predicted octanol–water partition coefficient (Wildman–Crippen LogP) is 3.35. The van der Waals surface area contributed by atoms with Gasteiger partial charge in [-0.15, -0.1) is 0 Å². The molecule has 6 heteroatoms. The van der Waals surface area contributed by atoms with Gasteiger partial charge in [0.15, 0.2) is 16.4 Å². The minimum Gasteiger partial charge on any atom is -0.485 e. The average molecular weight is 349 g/mol. The van der Waals surface area contributed by atoms with Gasteiger partial charge < -0.3 is 9.30 Å². The molecule has 0 fully saturated rings. The first-order valence-corrected chi connectivity index (χ1v) is 9.65. The monoisotopic (exact) mass is 349 g/mol. The molecule has 2 rings (SSSR count). The van der Waals surface area contributed by atoms with Gasteiger partial charge in [0.2, 0.25) is 5.78 Å². The minimum atomic E-state index is -3.30. The highest BCUT2D eigenvalue weighted by molar-refractivity contribution is 7.90. The van der Waals surface area contributed by atoms with Crippen LogP contribution in [0.2, 0.25) is 0 Å². The van der Waals surface area contributed by atoms with Crippen LogP contribution in [-0.4, -0.2) is 31.6 Å². The number of sulfone groups is 1. The third-order valence-electron chi connectivity index (χ3n) is 3.90. The molecule has 130 valence electrons. The van der Waals surface area contributed by atoms with Gasteiger partial charge in [-0.1, -0.05) is 6.07 Å². The number of ketones is 1. The van der Waals surface area contributed by atoms with Gasteiger partial charge in [0, 0.05) is 29.2 Å². The number of rotatable bonds is 6. The fraction of sp³-hybridized carbons (Fsp3) is 0.389. The largest absolute Gasteiger partial charge is 0.485 e. The molecular formula is C18H23NO4S. The zero-order valence-corrected chi connectivity index (χ0v) is 15.5. The SMILES string of the molecule is Cc1cc(C(=O)COc2cccc(S(C)(=O)=O)c2)c(C)n1C(C)C. The highest BCUT2D eigenvalue weighted by Gasteiger charge is 2.18. The van der Waals surface area contributed by atoms with Crippen LogP contribution in [0.25, 0.3) is 0 Å². The number of hydrogen-bond acceptors (Lipinski definition) is 4. The third kappa shape index (κ3) is 3.87. The lowest BCUT2D eigenvalue weighted by molar-refractivity contribution is 0.0920. The van der Waals surface area contributed by atoms with Crippen molar-refractivity contribution in [2.24, 2.45) is 0 Å². The Morgan fingerprint density at radius 1 is 1.21 bits per heavy atom. The lowest BCUT2D eigenvalue weighted by Crippen LogP contribution is -2.13. The van der Waals surface area contributed by atoms with Crippen molar-refractivity contribution in [2.45, 2.75) is 38.6 Å². The van der Waals surface area contributed by atoms with Gasteiger partial charge in [-0.25, -0.2) is 8.42 Å². The van der Waals surface area contributed by atoms with Crippen molar-refractivity contribution in [3.05, 3.63) is 47.3 Å². The second-order valence-corrected chi connectivity index (χ2v) is 8.22. The van der Waals surface area contributed by atoms with Crippen LogP contribution >= 0.6 is 0 Å². The van der Waals surface area contributed by atoms with E-state index >= 15 is 0 Å². The first kappa shape index (κ1) is 18.3. The number of aromatic nitrogens is 1. The molecule has 0 radical (unpaired) electrons. The molecule has 2 aromatic rings. The standard InChI is InChI=1S/C18H23NO4S/c1-12(2)19-13(3)9-17(14(19)4)18(20)11-23-15-7-6-8-16(10-15)24(5,21)22/h6-10,12H,11H2,1-5H3. The molecule has 24 heavy (non-hydrogen) atoms. The smallest absolute Gasteiger partial charge is 0.202 e. The van der Waals surface area contributed by atoms with Gasteiger partial charge in [-0.2, -0.15) is 0 Å². The quantitative estimate of drug-likeness (QED) is 0.750. The molecule has 0 aliphatic carbocycles. The van der Waals surface area contributed by atoms with Crippen LogP contribution in [-0.2, 0) is 9.84 Å². The molecule has 0 amide bonds. The Morgan fingerprint density at radius 2 is 1.88 bits per heavy atom. The van der Waals surface area contributed by atoms with E-state index < -0.39 is 9.84 Å². The number of carbonyl (C=O) groups is 1. The second kappa shape index (κ2) is 6.81. The maximum Gasteiger partial charge on any atom is 0.202 e. The highest BCUT2D eigenvalue weighted by atomic mass is 32.2. The summed E-state index contributed by atoms with van der Waals surface area (Å²) >= 11 is 0. The van der Waals surface area contributed by atoms with E-state index in [1.165, 1.54) is 12.1 Å². The molecule has 0 atom stereocenters. The van der Waals surface area contributed by atoms with Crippen LogP contribution in [0, 0.1) is 13.8 Å². The van der Waals surface area contributed by atoms with Crippen molar-refractivity contribution >= 4 is 15.6 Å². The molecule has 0 N–H and O–H groups in total. The summed E-state index contributed by atoms with van der Waals surface area (Å²) in [5, 5.41) is 0. The van der Waals surface area contributed by atoms with E-state index in [-0.39, 0.29) is 23.3 Å². The van der Waals surface area contributed by atoms with Gasteiger partial charge in [-0.05, 0) is 52.0 Å². The Balaban J connectivity index is 2.16. The van der Waals surface area contributed by atoms with E-state index in [1.807, 2.05) is 19.9 Å². The summed E-state index contributed by atoms with van der Waals surface area (Å²) in [6.07, 6.45) is 1.14. The number of aryl methyl sites for hydroxylation is 1. The van der Waals surface area contributed by atoms with Crippen molar-refractivity contribution in [3.63, 3.8) is 0 Å². The summed E-state index contributed by atoms with van der Waals surface area (Å²) < 4.78 is 30.7.